The number of benzene rings is 2. The molecule has 9 nitrogen and oxygen atoms in total. The molecule has 0 spiro atoms. The first-order valence-corrected chi connectivity index (χ1v) is 10.1. The Balaban J connectivity index is 1.58. The lowest BCUT2D eigenvalue weighted by Crippen LogP contribution is -2.19. The van der Waals surface area contributed by atoms with Crippen molar-refractivity contribution in [1.82, 2.24) is 29.5 Å². The first kappa shape index (κ1) is 20.3. The van der Waals surface area contributed by atoms with Gasteiger partial charge in [-0.3, -0.25) is 14.6 Å². The van der Waals surface area contributed by atoms with Crippen LogP contribution in [0.3, 0.4) is 0 Å². The number of aromatic amines is 1. The quantitative estimate of drug-likeness (QED) is 0.443. The molecule has 3 aromatic heterocycles. The number of aromatic nitrogens is 6. The van der Waals surface area contributed by atoms with E-state index >= 15 is 0 Å². The summed E-state index contributed by atoms with van der Waals surface area (Å²) in [6.07, 6.45) is 1.39. The molecule has 0 aliphatic rings. The molecule has 0 atom stereocenters. The normalized spacial score (nSPS) is 11.1. The van der Waals surface area contributed by atoms with E-state index in [9.17, 15) is 14.0 Å². The van der Waals surface area contributed by atoms with Gasteiger partial charge in [-0.15, -0.1) is 0 Å². The minimum Gasteiger partial charge on any atom is -0.306 e. The highest BCUT2D eigenvalue weighted by atomic mass is 19.1. The van der Waals surface area contributed by atoms with Crippen molar-refractivity contribution >= 4 is 22.8 Å². The Morgan fingerprint density at radius 3 is 2.48 bits per heavy atom. The maximum Gasteiger partial charge on any atom is 0.263 e. The highest BCUT2D eigenvalue weighted by Gasteiger charge is 2.17. The number of anilines is 1. The molecular formula is C23H18FN7O2. The van der Waals surface area contributed by atoms with Gasteiger partial charge >= 0.3 is 0 Å². The average Bonchev–Trinajstić information content (AvgIpc) is 3.38. The van der Waals surface area contributed by atoms with E-state index in [0.29, 0.717) is 22.8 Å². The van der Waals surface area contributed by atoms with Crippen LogP contribution in [0.2, 0.25) is 0 Å². The van der Waals surface area contributed by atoms with Crippen LogP contribution in [0.4, 0.5) is 10.2 Å². The lowest BCUT2D eigenvalue weighted by molar-refractivity contribution is 0.102. The number of hydrogen-bond acceptors (Lipinski definition) is 5. The molecule has 0 radical (unpaired) electrons. The molecule has 0 saturated carbocycles. The van der Waals surface area contributed by atoms with E-state index in [1.54, 1.807) is 25.1 Å². The van der Waals surface area contributed by atoms with Crippen molar-refractivity contribution in [2.24, 2.45) is 0 Å². The van der Waals surface area contributed by atoms with Crippen molar-refractivity contribution in [2.75, 3.05) is 5.32 Å². The Bertz CT molecular complexity index is 1550. The summed E-state index contributed by atoms with van der Waals surface area (Å²) in [5.41, 5.74) is 2.53. The summed E-state index contributed by atoms with van der Waals surface area (Å²) in [6, 6.07) is 14.5. The third kappa shape index (κ3) is 3.78. The minimum atomic E-state index is -0.424. The van der Waals surface area contributed by atoms with Crippen molar-refractivity contribution in [3.8, 4) is 11.6 Å². The number of amides is 1. The molecular weight excluding hydrogens is 425 g/mol. The molecule has 0 fully saturated rings. The van der Waals surface area contributed by atoms with E-state index in [-0.39, 0.29) is 28.7 Å². The zero-order chi connectivity index (χ0) is 23.1. The van der Waals surface area contributed by atoms with E-state index in [0.717, 1.165) is 5.56 Å². The lowest BCUT2D eigenvalue weighted by Gasteiger charge is -2.09. The van der Waals surface area contributed by atoms with Gasteiger partial charge in [0.25, 0.3) is 11.5 Å². The molecule has 164 valence electrons. The van der Waals surface area contributed by atoms with Gasteiger partial charge in [-0.1, -0.05) is 17.7 Å². The molecule has 2 aromatic carbocycles. The van der Waals surface area contributed by atoms with Crippen molar-refractivity contribution in [3.05, 3.63) is 93.8 Å². The summed E-state index contributed by atoms with van der Waals surface area (Å²) >= 11 is 0. The van der Waals surface area contributed by atoms with Gasteiger partial charge in [0, 0.05) is 11.6 Å². The van der Waals surface area contributed by atoms with Gasteiger partial charge in [0.2, 0.25) is 5.95 Å². The van der Waals surface area contributed by atoms with Crippen molar-refractivity contribution in [3.63, 3.8) is 0 Å². The Labute approximate surface area is 186 Å². The summed E-state index contributed by atoms with van der Waals surface area (Å²) < 4.78 is 16.1. The molecule has 0 aliphatic heterocycles. The molecule has 3 heterocycles. The standard InChI is InChI=1S/C23H18FN7O2/c1-13-3-5-15(6-4-13)21(32)26-19-11-14(2)29-31(19)23-27-20-18(22(33)28-23)12-25-30(20)17-9-7-16(24)8-10-17/h3-12H,1-2H3,(H,26,32)(H,27,28,33). The van der Waals surface area contributed by atoms with Crippen LogP contribution in [0, 0.1) is 19.7 Å². The summed E-state index contributed by atoms with van der Waals surface area (Å²) in [7, 11) is 0. The fourth-order valence-corrected chi connectivity index (χ4v) is 3.42. The van der Waals surface area contributed by atoms with Crippen molar-refractivity contribution in [2.45, 2.75) is 13.8 Å². The molecule has 0 aliphatic carbocycles. The Kier molecular flexibility index (Phi) is 4.82. The van der Waals surface area contributed by atoms with Gasteiger partial charge in [-0.2, -0.15) is 19.9 Å². The Morgan fingerprint density at radius 2 is 1.76 bits per heavy atom. The third-order valence-corrected chi connectivity index (χ3v) is 5.08. The summed E-state index contributed by atoms with van der Waals surface area (Å²) in [5.74, 6) is -0.268. The molecule has 5 rings (SSSR count). The topological polar surface area (TPSA) is 110 Å². The number of nitrogens with zero attached hydrogens (tertiary/aromatic N) is 5. The number of nitrogens with one attached hydrogen (secondary N) is 2. The van der Waals surface area contributed by atoms with E-state index in [2.05, 4.69) is 25.5 Å². The largest absolute Gasteiger partial charge is 0.306 e. The second-order valence-electron chi connectivity index (χ2n) is 7.56. The summed E-state index contributed by atoms with van der Waals surface area (Å²) in [5, 5.41) is 11.7. The second-order valence-corrected chi connectivity index (χ2v) is 7.56. The molecule has 2 N–H and O–H groups in total. The van der Waals surface area contributed by atoms with E-state index in [1.807, 2.05) is 19.1 Å². The molecule has 0 saturated heterocycles. The number of H-pyrrole nitrogens is 1. The SMILES string of the molecule is Cc1ccc(C(=O)Nc2cc(C)nn2-c2nc3c(cnn3-c3ccc(F)cc3)c(=O)[nH]2)cc1. The molecule has 33 heavy (non-hydrogen) atoms. The predicted octanol–water partition coefficient (Wildman–Crippen LogP) is 3.30. The zero-order valence-electron chi connectivity index (χ0n) is 17.7. The zero-order valence-corrected chi connectivity index (χ0v) is 17.7. The predicted molar refractivity (Wildman–Crippen MR) is 120 cm³/mol. The highest BCUT2D eigenvalue weighted by Crippen LogP contribution is 2.19. The molecule has 10 heteroatoms. The fourth-order valence-electron chi connectivity index (χ4n) is 3.42. The van der Waals surface area contributed by atoms with Crippen LogP contribution < -0.4 is 10.9 Å². The van der Waals surface area contributed by atoms with E-state index in [1.165, 1.54) is 39.8 Å². The fraction of sp³-hybridized carbons (Fsp3) is 0.0870. The first-order valence-electron chi connectivity index (χ1n) is 10.1. The van der Waals surface area contributed by atoms with Crippen LogP contribution in [0.25, 0.3) is 22.7 Å². The van der Waals surface area contributed by atoms with Gasteiger partial charge < -0.3 is 5.32 Å². The second kappa shape index (κ2) is 7.83. The smallest absolute Gasteiger partial charge is 0.263 e. The maximum absolute atomic E-state index is 13.3. The molecule has 1 amide bonds. The van der Waals surface area contributed by atoms with Crippen LogP contribution in [0.15, 0.2) is 65.6 Å². The minimum absolute atomic E-state index is 0.101. The van der Waals surface area contributed by atoms with Crippen LogP contribution in [-0.4, -0.2) is 35.4 Å². The van der Waals surface area contributed by atoms with Gasteiger partial charge in [-0.05, 0) is 50.2 Å². The molecule has 0 bridgehead atoms. The summed E-state index contributed by atoms with van der Waals surface area (Å²) in [6.45, 7) is 3.70. The number of halogens is 1. The van der Waals surface area contributed by atoms with Gasteiger partial charge in [-0.25, -0.2) is 9.07 Å². The van der Waals surface area contributed by atoms with E-state index < -0.39 is 5.56 Å². The Morgan fingerprint density at radius 1 is 1.03 bits per heavy atom. The Hall–Kier alpha value is -4.60. The van der Waals surface area contributed by atoms with Crippen LogP contribution >= 0.6 is 0 Å². The van der Waals surface area contributed by atoms with Gasteiger partial charge in [0.1, 0.15) is 17.0 Å². The average molecular weight is 443 g/mol. The molecule has 0 unspecified atom stereocenters. The van der Waals surface area contributed by atoms with Crippen molar-refractivity contribution in [1.29, 1.82) is 0 Å². The monoisotopic (exact) mass is 443 g/mol. The van der Waals surface area contributed by atoms with Crippen LogP contribution in [0.1, 0.15) is 21.6 Å². The van der Waals surface area contributed by atoms with Crippen LogP contribution in [0.5, 0.6) is 0 Å². The number of hydrogen-bond donors (Lipinski definition) is 2. The third-order valence-electron chi connectivity index (χ3n) is 5.08. The van der Waals surface area contributed by atoms with Crippen molar-refractivity contribution < 1.29 is 9.18 Å². The summed E-state index contributed by atoms with van der Waals surface area (Å²) in [4.78, 5) is 32.7. The van der Waals surface area contributed by atoms with Gasteiger partial charge in [0.05, 0.1) is 17.6 Å². The first-order chi connectivity index (χ1) is 15.9. The van der Waals surface area contributed by atoms with Crippen LogP contribution in [-0.2, 0) is 0 Å². The van der Waals surface area contributed by atoms with Gasteiger partial charge in [0.15, 0.2) is 5.65 Å². The van der Waals surface area contributed by atoms with E-state index in [4.69, 9.17) is 0 Å². The highest BCUT2D eigenvalue weighted by molar-refractivity contribution is 6.04. The lowest BCUT2D eigenvalue weighted by atomic mass is 10.1. The number of fused-ring (bicyclic) bond motifs is 1. The number of rotatable bonds is 4. The maximum atomic E-state index is 13.3. The number of carbonyl (C=O) groups excluding carboxylic acids is 1. The number of aryl methyl sites for hydroxylation is 2. The number of carbonyl (C=O) groups is 1. The molecule has 5 aromatic rings.